The molecule has 19 heavy (non-hydrogen) atoms. The molecule has 0 bridgehead atoms. The molecule has 0 radical (unpaired) electrons. The molecule has 2 amide bonds. The van der Waals surface area contributed by atoms with Gasteiger partial charge in [-0.25, -0.2) is 0 Å². The molecule has 4 N–H and O–H groups in total. The van der Waals surface area contributed by atoms with Crippen molar-refractivity contribution >= 4 is 22.7 Å². The number of carbonyl (C=O) groups excluding carboxylic acids is 2. The van der Waals surface area contributed by atoms with Gasteiger partial charge in [0.2, 0.25) is 5.91 Å². The Balaban J connectivity index is 2.17. The second-order valence-corrected chi connectivity index (χ2v) is 5.25. The number of primary amides is 1. The number of rotatable bonds is 4. The highest BCUT2D eigenvalue weighted by Gasteiger charge is 2.24. The first-order valence-electron chi connectivity index (χ1n) is 6.06. The number of nitrogens with two attached hydrogens (primary N) is 1. The molecule has 1 aromatic carbocycles. The maximum atomic E-state index is 12.1. The summed E-state index contributed by atoms with van der Waals surface area (Å²) in [5, 5.41) is 3.77. The lowest BCUT2D eigenvalue weighted by atomic mass is 10.00. The zero-order valence-electron chi connectivity index (χ0n) is 11.0. The van der Waals surface area contributed by atoms with Gasteiger partial charge in [0.25, 0.3) is 5.91 Å². The Morgan fingerprint density at radius 3 is 2.63 bits per heavy atom. The van der Waals surface area contributed by atoms with Crippen LogP contribution in [-0.4, -0.2) is 22.3 Å². The summed E-state index contributed by atoms with van der Waals surface area (Å²) in [7, 11) is 0. The Kier molecular flexibility index (Phi) is 3.29. The van der Waals surface area contributed by atoms with Crippen molar-refractivity contribution in [3.8, 4) is 0 Å². The third-order valence-corrected chi connectivity index (χ3v) is 2.84. The van der Waals surface area contributed by atoms with Crippen molar-refractivity contribution < 1.29 is 9.59 Å². The highest BCUT2D eigenvalue weighted by molar-refractivity contribution is 5.98. The Labute approximate surface area is 111 Å². The Morgan fingerprint density at radius 1 is 1.32 bits per heavy atom. The van der Waals surface area contributed by atoms with E-state index in [2.05, 4.69) is 10.3 Å². The average Bonchev–Trinajstić information content (AvgIpc) is 2.69. The second-order valence-electron chi connectivity index (χ2n) is 5.25. The van der Waals surface area contributed by atoms with E-state index >= 15 is 0 Å². The van der Waals surface area contributed by atoms with E-state index in [-0.39, 0.29) is 12.3 Å². The monoisotopic (exact) mass is 259 g/mol. The van der Waals surface area contributed by atoms with Crippen molar-refractivity contribution in [2.24, 2.45) is 5.73 Å². The molecule has 1 aromatic heterocycles. The lowest BCUT2D eigenvalue weighted by molar-refractivity contribution is -0.119. The topological polar surface area (TPSA) is 88.0 Å². The number of amides is 2. The first kappa shape index (κ1) is 13.1. The number of benzene rings is 1. The van der Waals surface area contributed by atoms with Gasteiger partial charge in [0.05, 0.1) is 0 Å². The van der Waals surface area contributed by atoms with Crippen molar-refractivity contribution in [3.63, 3.8) is 0 Å². The van der Waals surface area contributed by atoms with Crippen LogP contribution in [0.4, 0.5) is 0 Å². The van der Waals surface area contributed by atoms with E-state index in [1.807, 2.05) is 24.3 Å². The Morgan fingerprint density at radius 2 is 2.00 bits per heavy atom. The van der Waals surface area contributed by atoms with Gasteiger partial charge < -0.3 is 16.0 Å². The molecule has 0 spiro atoms. The Hall–Kier alpha value is -2.30. The number of fused-ring (bicyclic) bond motifs is 1. The van der Waals surface area contributed by atoms with Gasteiger partial charge in [-0.1, -0.05) is 18.2 Å². The molecule has 0 fully saturated rings. The molecule has 0 unspecified atom stereocenters. The van der Waals surface area contributed by atoms with E-state index in [4.69, 9.17) is 5.73 Å². The van der Waals surface area contributed by atoms with Crippen LogP contribution in [0, 0.1) is 0 Å². The summed E-state index contributed by atoms with van der Waals surface area (Å²) in [6.07, 6.45) is 0.0962. The highest BCUT2D eigenvalue weighted by Crippen LogP contribution is 2.16. The SMILES string of the molecule is CC(C)(CC(N)=O)NC(=O)c1cc2ccccc2[nH]1. The number of nitrogens with one attached hydrogen (secondary N) is 2. The summed E-state index contributed by atoms with van der Waals surface area (Å²) in [6.45, 7) is 3.52. The first-order valence-corrected chi connectivity index (χ1v) is 6.06. The maximum Gasteiger partial charge on any atom is 0.268 e. The summed E-state index contributed by atoms with van der Waals surface area (Å²) < 4.78 is 0. The average molecular weight is 259 g/mol. The third kappa shape index (κ3) is 3.13. The van der Waals surface area contributed by atoms with Crippen LogP contribution in [0.25, 0.3) is 10.9 Å². The molecular weight excluding hydrogens is 242 g/mol. The van der Waals surface area contributed by atoms with E-state index in [9.17, 15) is 9.59 Å². The number of carbonyl (C=O) groups is 2. The van der Waals surface area contributed by atoms with Gasteiger partial charge in [0, 0.05) is 22.9 Å². The van der Waals surface area contributed by atoms with Gasteiger partial charge in [-0.05, 0) is 26.0 Å². The lowest BCUT2D eigenvalue weighted by Gasteiger charge is -2.24. The van der Waals surface area contributed by atoms with Crippen LogP contribution in [0.2, 0.25) is 0 Å². The van der Waals surface area contributed by atoms with Crippen molar-refractivity contribution in [2.75, 3.05) is 0 Å². The number of hydrogen-bond acceptors (Lipinski definition) is 2. The lowest BCUT2D eigenvalue weighted by Crippen LogP contribution is -2.46. The minimum atomic E-state index is -0.666. The number of H-pyrrole nitrogens is 1. The van der Waals surface area contributed by atoms with Crippen LogP contribution in [-0.2, 0) is 4.79 Å². The largest absolute Gasteiger partial charge is 0.370 e. The summed E-state index contributed by atoms with van der Waals surface area (Å²) in [5.41, 5.74) is 5.86. The van der Waals surface area contributed by atoms with Gasteiger partial charge in [0.15, 0.2) is 0 Å². The van der Waals surface area contributed by atoms with Crippen LogP contribution in [0.1, 0.15) is 30.8 Å². The fourth-order valence-corrected chi connectivity index (χ4v) is 2.05. The predicted octanol–water partition coefficient (Wildman–Crippen LogP) is 1.55. The molecule has 2 aromatic rings. The molecule has 100 valence electrons. The standard InChI is InChI=1S/C14H17N3O2/c1-14(2,8-12(15)18)17-13(19)11-7-9-5-3-4-6-10(9)16-11/h3-7,16H,8H2,1-2H3,(H2,15,18)(H,17,19). The molecule has 5 nitrogen and oxygen atoms in total. The number of aromatic amines is 1. The van der Waals surface area contributed by atoms with E-state index in [1.54, 1.807) is 19.9 Å². The van der Waals surface area contributed by atoms with Gasteiger partial charge in [0.1, 0.15) is 5.69 Å². The fraction of sp³-hybridized carbons (Fsp3) is 0.286. The third-order valence-electron chi connectivity index (χ3n) is 2.84. The van der Waals surface area contributed by atoms with Gasteiger partial charge in [-0.3, -0.25) is 9.59 Å². The fourth-order valence-electron chi connectivity index (χ4n) is 2.05. The normalized spacial score (nSPS) is 11.5. The van der Waals surface area contributed by atoms with Crippen LogP contribution in [0.3, 0.4) is 0 Å². The molecule has 2 rings (SSSR count). The molecule has 0 saturated carbocycles. The highest BCUT2D eigenvalue weighted by atomic mass is 16.2. The zero-order valence-corrected chi connectivity index (χ0v) is 11.0. The number of aromatic nitrogens is 1. The molecule has 5 heteroatoms. The molecule has 0 aliphatic rings. The van der Waals surface area contributed by atoms with Crippen molar-refractivity contribution in [3.05, 3.63) is 36.0 Å². The molecule has 0 aliphatic carbocycles. The van der Waals surface area contributed by atoms with Crippen molar-refractivity contribution in [1.29, 1.82) is 0 Å². The molecule has 0 saturated heterocycles. The van der Waals surface area contributed by atoms with Crippen LogP contribution >= 0.6 is 0 Å². The minimum absolute atomic E-state index is 0.0962. The smallest absolute Gasteiger partial charge is 0.268 e. The van der Waals surface area contributed by atoms with Crippen molar-refractivity contribution in [2.45, 2.75) is 25.8 Å². The van der Waals surface area contributed by atoms with E-state index < -0.39 is 11.4 Å². The first-order chi connectivity index (χ1) is 8.87. The quantitative estimate of drug-likeness (QED) is 0.777. The second kappa shape index (κ2) is 4.76. The van der Waals surface area contributed by atoms with Crippen molar-refractivity contribution in [1.82, 2.24) is 10.3 Å². The molecule has 1 heterocycles. The van der Waals surface area contributed by atoms with Crippen LogP contribution in [0.15, 0.2) is 30.3 Å². The molecular formula is C14H17N3O2. The number of para-hydroxylation sites is 1. The van der Waals surface area contributed by atoms with Crippen LogP contribution in [0.5, 0.6) is 0 Å². The summed E-state index contributed by atoms with van der Waals surface area (Å²) in [6, 6.07) is 9.43. The Bertz CT molecular complexity index is 595. The summed E-state index contributed by atoms with van der Waals surface area (Å²) in [4.78, 5) is 26.1. The summed E-state index contributed by atoms with van der Waals surface area (Å²) >= 11 is 0. The van der Waals surface area contributed by atoms with E-state index in [1.165, 1.54) is 0 Å². The minimum Gasteiger partial charge on any atom is -0.370 e. The summed E-state index contributed by atoms with van der Waals surface area (Å²) in [5.74, 6) is -0.690. The van der Waals surface area contributed by atoms with Gasteiger partial charge in [-0.2, -0.15) is 0 Å². The predicted molar refractivity (Wildman–Crippen MR) is 73.7 cm³/mol. The van der Waals surface area contributed by atoms with Gasteiger partial charge in [-0.15, -0.1) is 0 Å². The van der Waals surface area contributed by atoms with E-state index in [0.29, 0.717) is 5.69 Å². The number of hydrogen-bond donors (Lipinski definition) is 3. The molecule has 0 atom stereocenters. The zero-order chi connectivity index (χ0) is 14.0. The molecule has 0 aliphatic heterocycles. The maximum absolute atomic E-state index is 12.1. The van der Waals surface area contributed by atoms with E-state index in [0.717, 1.165) is 10.9 Å². The van der Waals surface area contributed by atoms with Crippen LogP contribution < -0.4 is 11.1 Å². The van der Waals surface area contributed by atoms with Gasteiger partial charge >= 0.3 is 0 Å².